The number of aliphatic hydroxyl groups is 1. The molecule has 0 aliphatic carbocycles. The van der Waals surface area contributed by atoms with Crippen LogP contribution in [0.3, 0.4) is 0 Å². The average Bonchev–Trinajstić information content (AvgIpc) is 3.02. The predicted molar refractivity (Wildman–Crippen MR) is 174 cm³/mol. The van der Waals surface area contributed by atoms with Crippen LogP contribution in [-0.2, 0) is 47.6 Å². The van der Waals surface area contributed by atoms with Crippen molar-refractivity contribution in [3.8, 4) is 0 Å². The molecule has 0 bridgehead atoms. The first-order valence-electron chi connectivity index (χ1n) is 15.3. The number of carbonyl (C=O) groups is 6. The van der Waals surface area contributed by atoms with Gasteiger partial charge in [0.25, 0.3) is 0 Å². The highest BCUT2D eigenvalue weighted by molar-refractivity contribution is 7.99. The smallest absolute Gasteiger partial charge is 0.438 e. The fourth-order valence-corrected chi connectivity index (χ4v) is 4.64. The van der Waals surface area contributed by atoms with Gasteiger partial charge in [-0.15, -0.1) is 0 Å². The van der Waals surface area contributed by atoms with Crippen LogP contribution in [0.1, 0.15) is 53.4 Å². The van der Waals surface area contributed by atoms with E-state index in [1.54, 1.807) is 0 Å². The molecule has 4 amide bonds. The molecule has 0 aromatic carbocycles. The largest absolute Gasteiger partial charge is 0.508 e. The number of ether oxygens (including phenoxy) is 6. The maximum Gasteiger partial charge on any atom is 0.508 e. The van der Waals surface area contributed by atoms with Crippen LogP contribution in [0.5, 0.6) is 0 Å². The maximum atomic E-state index is 12.6. The molecule has 19 heteroatoms. The molecule has 0 spiro atoms. The number of carbonyl (C=O) groups excluding carboxylic acids is 6. The SMILES string of the molecule is COC(=O)OCC[C@H](CSC[C@H](N)C(=O)N[C@@H](CO)C(=O)NCCOC(C)(C)CCOC(C)(C)CCC(=O)NCC(N)=O)OC(=O)OC. The van der Waals surface area contributed by atoms with Gasteiger partial charge in [-0.3, -0.25) is 19.2 Å². The van der Waals surface area contributed by atoms with Crippen molar-refractivity contribution in [3.63, 3.8) is 0 Å². The summed E-state index contributed by atoms with van der Waals surface area (Å²) in [5, 5.41) is 17.1. The molecule has 0 heterocycles. The topological polar surface area (TPSA) is 266 Å². The van der Waals surface area contributed by atoms with Gasteiger partial charge in [0.05, 0.1) is 64.4 Å². The van der Waals surface area contributed by atoms with E-state index in [1.165, 1.54) is 11.8 Å². The third kappa shape index (κ3) is 22.2. The average molecular weight is 712 g/mol. The number of hydrogen-bond donors (Lipinski definition) is 6. The van der Waals surface area contributed by atoms with Gasteiger partial charge in [0.2, 0.25) is 23.6 Å². The number of thioether (sulfide) groups is 1. The highest BCUT2D eigenvalue weighted by atomic mass is 32.2. The molecule has 0 aliphatic rings. The van der Waals surface area contributed by atoms with E-state index in [1.807, 2.05) is 27.7 Å². The van der Waals surface area contributed by atoms with E-state index < -0.39 is 66.0 Å². The van der Waals surface area contributed by atoms with Crippen molar-refractivity contribution in [2.45, 2.75) is 82.8 Å². The minimum absolute atomic E-state index is 0.0839. The number of amides is 4. The van der Waals surface area contributed by atoms with E-state index in [0.717, 1.165) is 14.2 Å². The van der Waals surface area contributed by atoms with Crippen molar-refractivity contribution < 1.29 is 62.3 Å². The minimum Gasteiger partial charge on any atom is -0.438 e. The molecule has 0 rings (SSSR count). The van der Waals surface area contributed by atoms with Crippen molar-refractivity contribution in [1.82, 2.24) is 16.0 Å². The Hall–Kier alpha value is -3.39. The summed E-state index contributed by atoms with van der Waals surface area (Å²) >= 11 is 1.18. The first-order chi connectivity index (χ1) is 22.4. The van der Waals surface area contributed by atoms with E-state index in [4.69, 9.17) is 30.4 Å². The standard InChI is InChI=1S/C29H53N5O13S/c1-28(2,9-7-23(37)33-15-22(31)36)45-13-10-29(3,4)46-14-11-32-25(39)21(16-35)34-24(38)20(30)18-48-17-19(47-27(41)43-6)8-12-44-26(40)42-5/h19-21,35H,7-18,30H2,1-6H3,(H2,31,36)(H,32,39)(H,33,37)(H,34,38)/t19-,20+,21+/m1/s1. The Labute approximate surface area is 285 Å². The Kier molecular flexibility index (Phi) is 22.2. The monoisotopic (exact) mass is 711 g/mol. The van der Waals surface area contributed by atoms with E-state index >= 15 is 0 Å². The van der Waals surface area contributed by atoms with Crippen LogP contribution in [-0.4, -0.2) is 136 Å². The Morgan fingerprint density at radius 2 is 1.46 bits per heavy atom. The summed E-state index contributed by atoms with van der Waals surface area (Å²) in [5.41, 5.74) is 9.77. The predicted octanol–water partition coefficient (Wildman–Crippen LogP) is -0.673. The number of primary amides is 1. The van der Waals surface area contributed by atoms with Gasteiger partial charge in [0.15, 0.2) is 0 Å². The zero-order chi connectivity index (χ0) is 36.8. The van der Waals surface area contributed by atoms with E-state index in [9.17, 15) is 33.9 Å². The van der Waals surface area contributed by atoms with Crippen LogP contribution < -0.4 is 27.4 Å². The molecule has 0 fully saturated rings. The molecule has 278 valence electrons. The lowest BCUT2D eigenvalue weighted by Crippen LogP contribution is -2.54. The summed E-state index contributed by atoms with van der Waals surface area (Å²) in [4.78, 5) is 70.4. The van der Waals surface area contributed by atoms with Gasteiger partial charge < -0.3 is 60.9 Å². The quantitative estimate of drug-likeness (QED) is 0.0506. The zero-order valence-electron chi connectivity index (χ0n) is 28.6. The molecule has 8 N–H and O–H groups in total. The number of aliphatic hydroxyl groups excluding tert-OH is 1. The third-order valence-corrected chi connectivity index (χ3v) is 7.72. The molecule has 18 nitrogen and oxygen atoms in total. The van der Waals surface area contributed by atoms with E-state index in [-0.39, 0.29) is 56.6 Å². The third-order valence-electron chi connectivity index (χ3n) is 6.51. The van der Waals surface area contributed by atoms with Crippen LogP contribution >= 0.6 is 11.8 Å². The van der Waals surface area contributed by atoms with Gasteiger partial charge in [-0.2, -0.15) is 11.8 Å². The normalized spacial score (nSPS) is 13.3. The van der Waals surface area contributed by atoms with Gasteiger partial charge in [0, 0.05) is 30.9 Å². The summed E-state index contributed by atoms with van der Waals surface area (Å²) in [6.45, 7) is 7.04. The van der Waals surface area contributed by atoms with Crippen molar-refractivity contribution in [1.29, 1.82) is 0 Å². The highest BCUT2D eigenvalue weighted by Gasteiger charge is 2.26. The molecule has 0 saturated heterocycles. The first kappa shape index (κ1) is 44.6. The molecule has 0 radical (unpaired) electrons. The first-order valence-corrected chi connectivity index (χ1v) is 16.4. The highest BCUT2D eigenvalue weighted by Crippen LogP contribution is 2.20. The number of methoxy groups -OCH3 is 2. The van der Waals surface area contributed by atoms with Crippen molar-refractivity contribution in [3.05, 3.63) is 0 Å². The lowest BCUT2D eigenvalue weighted by Gasteiger charge is -2.30. The second-order valence-corrected chi connectivity index (χ2v) is 12.7. The van der Waals surface area contributed by atoms with Crippen LogP contribution in [0.2, 0.25) is 0 Å². The number of hydrogen-bond acceptors (Lipinski definition) is 15. The van der Waals surface area contributed by atoms with Crippen LogP contribution in [0, 0.1) is 0 Å². The van der Waals surface area contributed by atoms with Gasteiger partial charge in [-0.1, -0.05) is 0 Å². The Morgan fingerprint density at radius 1 is 0.833 bits per heavy atom. The van der Waals surface area contributed by atoms with Gasteiger partial charge in [-0.25, -0.2) is 9.59 Å². The Bertz CT molecular complexity index is 1030. The molecule has 0 saturated carbocycles. The minimum atomic E-state index is -1.25. The Balaban J connectivity index is 4.52. The fourth-order valence-electron chi connectivity index (χ4n) is 3.60. The van der Waals surface area contributed by atoms with Crippen molar-refractivity contribution in [2.24, 2.45) is 11.5 Å². The molecule has 0 aromatic rings. The summed E-state index contributed by atoms with van der Waals surface area (Å²) in [7, 11) is 2.30. The van der Waals surface area contributed by atoms with Gasteiger partial charge in [0.1, 0.15) is 12.1 Å². The number of nitrogens with one attached hydrogen (secondary N) is 3. The molecule has 48 heavy (non-hydrogen) atoms. The molecular formula is C29H53N5O13S. The van der Waals surface area contributed by atoms with Gasteiger partial charge >= 0.3 is 12.3 Å². The number of rotatable bonds is 25. The van der Waals surface area contributed by atoms with E-state index in [2.05, 4.69) is 25.4 Å². The number of nitrogens with two attached hydrogens (primary N) is 2. The molecule has 0 aliphatic heterocycles. The summed E-state index contributed by atoms with van der Waals surface area (Å²) in [6, 6.07) is -2.31. The fraction of sp³-hybridized carbons (Fsp3) is 0.793. The summed E-state index contributed by atoms with van der Waals surface area (Å²) in [6.07, 6.45) is -1.28. The lowest BCUT2D eigenvalue weighted by molar-refractivity contribution is -0.130. The zero-order valence-corrected chi connectivity index (χ0v) is 29.4. The lowest BCUT2D eigenvalue weighted by atomic mass is 10.0. The second kappa shape index (κ2) is 23.9. The van der Waals surface area contributed by atoms with Gasteiger partial charge in [-0.05, 0) is 40.5 Å². The van der Waals surface area contributed by atoms with Crippen molar-refractivity contribution >= 4 is 47.7 Å². The summed E-state index contributed by atoms with van der Waals surface area (Å²) < 4.78 is 30.6. The maximum absolute atomic E-state index is 12.6. The molecular weight excluding hydrogens is 658 g/mol. The Morgan fingerprint density at radius 3 is 2.06 bits per heavy atom. The molecule has 3 atom stereocenters. The van der Waals surface area contributed by atoms with Crippen LogP contribution in [0.4, 0.5) is 9.59 Å². The molecule has 0 unspecified atom stereocenters. The van der Waals surface area contributed by atoms with Crippen molar-refractivity contribution in [2.75, 3.05) is 65.2 Å². The second-order valence-electron chi connectivity index (χ2n) is 11.7. The van der Waals surface area contributed by atoms with Crippen LogP contribution in [0.25, 0.3) is 0 Å². The van der Waals surface area contributed by atoms with E-state index in [0.29, 0.717) is 19.4 Å². The van der Waals surface area contributed by atoms with Crippen LogP contribution in [0.15, 0.2) is 0 Å². The molecule has 0 aromatic heterocycles. The summed E-state index contributed by atoms with van der Waals surface area (Å²) in [5.74, 6) is -1.94.